The lowest BCUT2D eigenvalue weighted by atomic mass is 9.91. The van der Waals surface area contributed by atoms with E-state index in [1.165, 1.54) is 103 Å². The summed E-state index contributed by atoms with van der Waals surface area (Å²) in [6.07, 6.45) is 28.0. The predicted molar refractivity (Wildman–Crippen MR) is 161 cm³/mol. The number of furan rings is 1. The van der Waals surface area contributed by atoms with Gasteiger partial charge in [-0.05, 0) is 87.5 Å². The zero-order valence-electron chi connectivity index (χ0n) is 22.5. The van der Waals surface area contributed by atoms with Crippen LogP contribution in [0.2, 0.25) is 0 Å². The van der Waals surface area contributed by atoms with Gasteiger partial charge in [0, 0.05) is 68.1 Å². The summed E-state index contributed by atoms with van der Waals surface area (Å²) in [5.41, 5.74) is 14.3. The highest BCUT2D eigenvalue weighted by atomic mass is 16.3. The average Bonchev–Trinajstić information content (AvgIpc) is 3.66. The Morgan fingerprint density at radius 2 is 1.69 bits per heavy atom. The molecule has 5 aliphatic rings. The Labute approximate surface area is 228 Å². The third-order valence-electron chi connectivity index (χ3n) is 9.85. The first kappa shape index (κ1) is 22.1. The molecule has 1 N–H and O–H groups in total. The third kappa shape index (κ3) is 3.16. The van der Waals surface area contributed by atoms with Gasteiger partial charge in [-0.1, -0.05) is 42.5 Å². The quantitative estimate of drug-likeness (QED) is 0.307. The van der Waals surface area contributed by atoms with E-state index >= 15 is 0 Å². The molecule has 194 valence electrons. The Bertz CT molecular complexity index is 1910. The Hall–Kier alpha value is -3.72. The fourth-order valence-corrected chi connectivity index (χ4v) is 8.14. The van der Waals surface area contributed by atoms with Crippen molar-refractivity contribution in [2.24, 2.45) is 0 Å². The summed E-state index contributed by atoms with van der Waals surface area (Å²) in [7, 11) is 0. The highest BCUT2D eigenvalue weighted by Gasteiger charge is 2.28. The van der Waals surface area contributed by atoms with Crippen molar-refractivity contribution < 1.29 is 4.42 Å². The molecule has 0 bridgehead atoms. The third-order valence-corrected chi connectivity index (χ3v) is 9.85. The summed E-state index contributed by atoms with van der Waals surface area (Å²) >= 11 is 0. The van der Waals surface area contributed by atoms with Crippen LogP contribution in [-0.2, 0) is 32.1 Å². The normalized spacial score (nSPS) is 19.2. The molecule has 0 saturated heterocycles. The van der Waals surface area contributed by atoms with Crippen molar-refractivity contribution in [1.82, 2.24) is 9.55 Å². The van der Waals surface area contributed by atoms with Crippen LogP contribution in [0, 0.1) is 0 Å². The van der Waals surface area contributed by atoms with Gasteiger partial charge in [0.05, 0.1) is 5.52 Å². The van der Waals surface area contributed by atoms with Gasteiger partial charge >= 0.3 is 0 Å². The van der Waals surface area contributed by atoms with E-state index in [9.17, 15) is 0 Å². The fraction of sp³-hybridized carbons (Fsp3) is 0.333. The van der Waals surface area contributed by atoms with Crippen molar-refractivity contribution >= 4 is 46.5 Å². The van der Waals surface area contributed by atoms with Crippen LogP contribution in [0.4, 0.5) is 0 Å². The van der Waals surface area contributed by atoms with Gasteiger partial charge in [0.2, 0.25) is 0 Å². The standard InChI is InChI=1S/C36H34N2O/c1-4-15-30-23(9-1)26-13-7-14-27(36(26)37-30)25-12-8-17-32-35(25)28-11-2-5-16-31(28)38(32)22-19-20-34-29(21-22)24-10-3-6-18-33(24)39-34/h2,4,7,11,13-15,17,21,37H,1,3,5-6,8-10,12,16,18-20H2. The van der Waals surface area contributed by atoms with Crippen LogP contribution in [0.25, 0.3) is 46.5 Å². The maximum absolute atomic E-state index is 6.38. The number of aryl methyl sites for hydroxylation is 3. The van der Waals surface area contributed by atoms with Crippen molar-refractivity contribution in [3.63, 3.8) is 0 Å². The molecule has 0 radical (unpaired) electrons. The number of nitrogens with zero attached hydrogens (tertiary/aromatic N) is 1. The van der Waals surface area contributed by atoms with E-state index in [0.29, 0.717) is 0 Å². The second-order valence-corrected chi connectivity index (χ2v) is 12.0. The summed E-state index contributed by atoms with van der Waals surface area (Å²) in [5, 5.41) is 4.31. The van der Waals surface area contributed by atoms with Crippen molar-refractivity contribution in [2.45, 2.75) is 77.0 Å². The predicted octanol–water partition coefficient (Wildman–Crippen LogP) is 7.08. The fourth-order valence-electron chi connectivity index (χ4n) is 8.14. The van der Waals surface area contributed by atoms with Crippen LogP contribution in [0.15, 0.2) is 34.8 Å². The number of allylic oxidation sites excluding steroid dienone is 3. The van der Waals surface area contributed by atoms with E-state index in [1.54, 1.807) is 0 Å². The number of para-hydroxylation sites is 1. The lowest BCUT2D eigenvalue weighted by molar-refractivity contribution is 0.443. The van der Waals surface area contributed by atoms with E-state index in [0.717, 1.165) is 57.8 Å². The van der Waals surface area contributed by atoms with Gasteiger partial charge in [-0.15, -0.1) is 0 Å². The van der Waals surface area contributed by atoms with Crippen LogP contribution in [-0.4, -0.2) is 9.55 Å². The summed E-state index contributed by atoms with van der Waals surface area (Å²) in [6, 6.07) is 6.96. The van der Waals surface area contributed by atoms with Crippen LogP contribution in [0.1, 0.15) is 95.7 Å². The second-order valence-electron chi connectivity index (χ2n) is 12.0. The average molecular weight is 511 g/mol. The number of H-pyrrole nitrogens is 1. The van der Waals surface area contributed by atoms with E-state index in [-0.39, 0.29) is 0 Å². The minimum absolute atomic E-state index is 1.02. The molecule has 5 aliphatic carbocycles. The number of nitrogens with one attached hydrogen (secondary N) is 1. The molecule has 3 aromatic heterocycles. The molecular weight excluding hydrogens is 476 g/mol. The highest BCUT2D eigenvalue weighted by molar-refractivity contribution is 5.96. The minimum atomic E-state index is 1.02. The molecule has 0 aliphatic heterocycles. The Morgan fingerprint density at radius 1 is 0.769 bits per heavy atom. The lowest BCUT2D eigenvalue weighted by Gasteiger charge is -2.20. The molecule has 9 rings (SSSR count). The number of benzene rings is 1. The first-order valence-electron chi connectivity index (χ1n) is 15.1. The maximum atomic E-state index is 6.38. The number of hydrogen-bond donors (Lipinski definition) is 1. The molecule has 3 nitrogen and oxygen atoms in total. The van der Waals surface area contributed by atoms with Gasteiger partial charge in [-0.3, -0.25) is 0 Å². The first-order chi connectivity index (χ1) is 19.3. The van der Waals surface area contributed by atoms with Gasteiger partial charge in [0.25, 0.3) is 0 Å². The minimum Gasteiger partial charge on any atom is -0.465 e. The molecule has 3 heteroatoms. The van der Waals surface area contributed by atoms with Crippen LogP contribution in [0.5, 0.6) is 0 Å². The van der Waals surface area contributed by atoms with E-state index in [4.69, 9.17) is 4.42 Å². The van der Waals surface area contributed by atoms with Crippen molar-refractivity contribution in [3.8, 4) is 0 Å². The summed E-state index contributed by atoms with van der Waals surface area (Å²) < 4.78 is 9.05. The van der Waals surface area contributed by atoms with E-state index < -0.39 is 0 Å². The summed E-state index contributed by atoms with van der Waals surface area (Å²) in [5.74, 6) is 2.50. The number of hydrogen-bond acceptors (Lipinski definition) is 1. The van der Waals surface area contributed by atoms with Crippen molar-refractivity contribution in [2.75, 3.05) is 0 Å². The molecule has 39 heavy (non-hydrogen) atoms. The summed E-state index contributed by atoms with van der Waals surface area (Å²) in [6.45, 7) is 0. The molecule has 0 saturated carbocycles. The second kappa shape index (κ2) is 8.39. The van der Waals surface area contributed by atoms with Gasteiger partial charge < -0.3 is 14.0 Å². The molecule has 0 spiro atoms. The Morgan fingerprint density at radius 3 is 2.69 bits per heavy atom. The molecule has 1 aromatic carbocycles. The first-order valence-corrected chi connectivity index (χ1v) is 15.1. The molecule has 0 fully saturated rings. The molecule has 0 amide bonds. The van der Waals surface area contributed by atoms with E-state index in [2.05, 4.69) is 64.2 Å². The monoisotopic (exact) mass is 510 g/mol. The topological polar surface area (TPSA) is 33.9 Å². The Kier molecular flexibility index (Phi) is 4.76. The maximum Gasteiger partial charge on any atom is 0.112 e. The van der Waals surface area contributed by atoms with Gasteiger partial charge in [-0.25, -0.2) is 0 Å². The number of fused-ring (bicyclic) bond motifs is 9. The highest BCUT2D eigenvalue weighted by Crippen LogP contribution is 2.38. The number of aromatic amines is 1. The molecular formula is C36H34N2O. The van der Waals surface area contributed by atoms with Gasteiger partial charge in [0.15, 0.2) is 0 Å². The lowest BCUT2D eigenvalue weighted by Crippen LogP contribution is -2.34. The SMILES string of the molecule is C1=Cc2[nH]c3c(C4=c5c6c(n(C7=Cc8c(oc9c8CCCC9)CC7)c5=CCC4)CCC=C6)cccc3c2CC1. The van der Waals surface area contributed by atoms with Crippen LogP contribution in [0.3, 0.4) is 0 Å². The van der Waals surface area contributed by atoms with Crippen LogP contribution < -0.4 is 10.6 Å². The molecule has 0 atom stereocenters. The van der Waals surface area contributed by atoms with Crippen LogP contribution >= 0.6 is 0 Å². The van der Waals surface area contributed by atoms with Crippen molar-refractivity contribution in [3.05, 3.63) is 91.6 Å². The largest absolute Gasteiger partial charge is 0.465 e. The van der Waals surface area contributed by atoms with Gasteiger partial charge in [-0.2, -0.15) is 0 Å². The number of rotatable bonds is 2. The number of aromatic nitrogens is 2. The van der Waals surface area contributed by atoms with Gasteiger partial charge in [0.1, 0.15) is 11.5 Å². The summed E-state index contributed by atoms with van der Waals surface area (Å²) in [4.78, 5) is 3.84. The Balaban J connectivity index is 1.31. The molecule has 0 unspecified atom stereocenters. The van der Waals surface area contributed by atoms with Crippen molar-refractivity contribution in [1.29, 1.82) is 0 Å². The van der Waals surface area contributed by atoms with E-state index in [1.807, 2.05) is 0 Å². The molecule has 4 aromatic rings. The zero-order valence-corrected chi connectivity index (χ0v) is 22.5. The zero-order chi connectivity index (χ0) is 25.5. The molecule has 3 heterocycles. The smallest absolute Gasteiger partial charge is 0.112 e.